The van der Waals surface area contributed by atoms with Crippen LogP contribution in [0.2, 0.25) is 5.02 Å². The van der Waals surface area contributed by atoms with Gasteiger partial charge in [0.1, 0.15) is 5.82 Å². The van der Waals surface area contributed by atoms with Gasteiger partial charge >= 0.3 is 6.18 Å². The minimum Gasteiger partial charge on any atom is -0.320 e. The minimum absolute atomic E-state index is 0.262. The van der Waals surface area contributed by atoms with Crippen LogP contribution >= 0.6 is 22.9 Å². The Bertz CT molecular complexity index is 580. The van der Waals surface area contributed by atoms with E-state index >= 15 is 0 Å². The third kappa shape index (κ3) is 2.91. The Morgan fingerprint density at radius 3 is 2.47 bits per heavy atom. The fourth-order valence-corrected chi connectivity index (χ4v) is 2.59. The number of hydrogen-bond acceptors (Lipinski definition) is 2. The lowest BCUT2D eigenvalue weighted by atomic mass is 10.0. The molecule has 0 amide bonds. The molecule has 19 heavy (non-hydrogen) atoms. The molecule has 1 atom stereocenters. The molecule has 1 aromatic heterocycles. The molecule has 2 N–H and O–H groups in total. The minimum atomic E-state index is -4.60. The van der Waals surface area contributed by atoms with Crippen LogP contribution in [0.1, 0.15) is 22.0 Å². The largest absolute Gasteiger partial charge is 0.416 e. The normalized spacial score (nSPS) is 13.6. The molecule has 2 rings (SSSR count). The van der Waals surface area contributed by atoms with Crippen LogP contribution < -0.4 is 5.73 Å². The van der Waals surface area contributed by atoms with Crippen LogP contribution in [0.4, 0.5) is 17.6 Å². The maximum Gasteiger partial charge on any atom is 0.416 e. The molecule has 0 bridgehead atoms. The average molecular weight is 310 g/mol. The lowest BCUT2D eigenvalue weighted by Crippen LogP contribution is -2.15. The van der Waals surface area contributed by atoms with E-state index in [0.29, 0.717) is 17.0 Å². The molecule has 0 radical (unpaired) electrons. The van der Waals surface area contributed by atoms with Gasteiger partial charge in [-0.25, -0.2) is 4.39 Å². The average Bonchev–Trinajstić information content (AvgIpc) is 2.83. The van der Waals surface area contributed by atoms with E-state index in [1.807, 2.05) is 0 Å². The summed E-state index contributed by atoms with van der Waals surface area (Å²) in [6.45, 7) is 0. The lowest BCUT2D eigenvalue weighted by Gasteiger charge is -2.15. The zero-order chi connectivity index (χ0) is 14.2. The summed E-state index contributed by atoms with van der Waals surface area (Å²) in [6, 6.07) is 3.60. The first-order valence-corrected chi connectivity index (χ1v) is 6.41. The van der Waals surface area contributed by atoms with E-state index in [9.17, 15) is 17.6 Å². The van der Waals surface area contributed by atoms with Crippen molar-refractivity contribution < 1.29 is 17.6 Å². The van der Waals surface area contributed by atoms with Gasteiger partial charge in [0.2, 0.25) is 0 Å². The number of benzene rings is 1. The summed E-state index contributed by atoms with van der Waals surface area (Å²) in [5.74, 6) is -0.921. The monoisotopic (exact) mass is 309 g/mol. The highest BCUT2D eigenvalue weighted by atomic mass is 35.5. The van der Waals surface area contributed by atoms with Crippen molar-refractivity contribution >= 4 is 22.9 Å². The summed E-state index contributed by atoms with van der Waals surface area (Å²) in [7, 11) is 0. The third-order valence-electron chi connectivity index (χ3n) is 2.57. The molecule has 0 fully saturated rings. The topological polar surface area (TPSA) is 26.0 Å². The molecule has 0 saturated carbocycles. The molecule has 0 spiro atoms. The maximum atomic E-state index is 13.8. The number of alkyl halides is 3. The molecular formula is C12H8ClF4NS. The van der Waals surface area contributed by atoms with Gasteiger partial charge in [-0.2, -0.15) is 13.2 Å². The second kappa shape index (κ2) is 5.11. The Balaban J connectivity index is 2.53. The summed E-state index contributed by atoms with van der Waals surface area (Å²) in [4.78, 5) is 0.564. The molecular weight excluding hydrogens is 302 g/mol. The molecule has 0 unspecified atom stereocenters. The quantitative estimate of drug-likeness (QED) is 0.806. The highest BCUT2D eigenvalue weighted by Crippen LogP contribution is 2.36. The van der Waals surface area contributed by atoms with Crippen molar-refractivity contribution in [1.82, 2.24) is 0 Å². The molecule has 1 aromatic carbocycles. The van der Waals surface area contributed by atoms with Gasteiger partial charge in [-0.05, 0) is 23.6 Å². The second-order valence-electron chi connectivity index (χ2n) is 3.85. The van der Waals surface area contributed by atoms with Gasteiger partial charge in [0.05, 0.1) is 16.6 Å². The number of thiophene rings is 1. The molecule has 1 heterocycles. The lowest BCUT2D eigenvalue weighted by molar-refractivity contribution is -0.137. The van der Waals surface area contributed by atoms with Crippen molar-refractivity contribution in [3.8, 4) is 0 Å². The summed E-state index contributed by atoms with van der Waals surface area (Å²) >= 11 is 6.74. The van der Waals surface area contributed by atoms with Gasteiger partial charge in [-0.3, -0.25) is 0 Å². The van der Waals surface area contributed by atoms with E-state index in [2.05, 4.69) is 0 Å². The van der Waals surface area contributed by atoms with E-state index < -0.39 is 28.6 Å². The van der Waals surface area contributed by atoms with Gasteiger partial charge in [0, 0.05) is 10.4 Å². The molecule has 7 heteroatoms. The first-order chi connectivity index (χ1) is 8.80. The summed E-state index contributed by atoms with van der Waals surface area (Å²) < 4.78 is 51.8. The first kappa shape index (κ1) is 14.3. The highest BCUT2D eigenvalue weighted by molar-refractivity contribution is 7.10. The molecule has 102 valence electrons. The molecule has 0 aliphatic rings. The SMILES string of the molecule is N[C@H](c1cccs1)c1cc(C(F)(F)F)cc(Cl)c1F. The van der Waals surface area contributed by atoms with Crippen LogP contribution in [0, 0.1) is 5.82 Å². The summed E-state index contributed by atoms with van der Waals surface area (Å²) in [5, 5.41) is 1.12. The van der Waals surface area contributed by atoms with Crippen molar-refractivity contribution in [3.63, 3.8) is 0 Å². The van der Waals surface area contributed by atoms with Crippen molar-refractivity contribution in [2.45, 2.75) is 12.2 Å². The Morgan fingerprint density at radius 2 is 1.95 bits per heavy atom. The van der Waals surface area contributed by atoms with Gasteiger partial charge < -0.3 is 5.73 Å². The third-order valence-corrected chi connectivity index (χ3v) is 3.80. The molecule has 0 aliphatic heterocycles. The number of rotatable bonds is 2. The number of hydrogen-bond donors (Lipinski definition) is 1. The van der Waals surface area contributed by atoms with Crippen LogP contribution in [0.3, 0.4) is 0 Å². The molecule has 0 saturated heterocycles. The molecule has 2 aromatic rings. The highest BCUT2D eigenvalue weighted by Gasteiger charge is 2.33. The predicted octanol–water partition coefficient (Wildman–Crippen LogP) is 4.61. The van der Waals surface area contributed by atoms with Crippen molar-refractivity contribution in [3.05, 3.63) is 56.5 Å². The van der Waals surface area contributed by atoms with Gasteiger partial charge in [0.15, 0.2) is 0 Å². The van der Waals surface area contributed by atoms with Gasteiger partial charge in [-0.15, -0.1) is 11.3 Å². The Kier molecular flexibility index (Phi) is 3.85. The maximum absolute atomic E-state index is 13.8. The van der Waals surface area contributed by atoms with E-state index in [1.54, 1.807) is 17.5 Å². The second-order valence-corrected chi connectivity index (χ2v) is 5.24. The van der Waals surface area contributed by atoms with Crippen LogP contribution in [-0.4, -0.2) is 0 Å². The van der Waals surface area contributed by atoms with Crippen molar-refractivity contribution in [1.29, 1.82) is 0 Å². The molecule has 0 aliphatic carbocycles. The predicted molar refractivity (Wildman–Crippen MR) is 66.8 cm³/mol. The van der Waals surface area contributed by atoms with Gasteiger partial charge in [-0.1, -0.05) is 17.7 Å². The van der Waals surface area contributed by atoms with Crippen LogP contribution in [0.25, 0.3) is 0 Å². The standard InChI is InChI=1S/C12H8ClF4NS/c13-8-5-6(12(15,16)17)4-7(10(8)14)11(18)9-2-1-3-19-9/h1-5,11H,18H2/t11-/m0/s1. The number of nitrogens with two attached hydrogens (primary N) is 1. The summed E-state index contributed by atoms with van der Waals surface area (Å²) in [5.41, 5.74) is 4.51. The summed E-state index contributed by atoms with van der Waals surface area (Å²) in [6.07, 6.45) is -4.60. The van der Waals surface area contributed by atoms with Gasteiger partial charge in [0.25, 0.3) is 0 Å². The van der Waals surface area contributed by atoms with Crippen LogP contribution in [-0.2, 0) is 6.18 Å². The zero-order valence-electron chi connectivity index (χ0n) is 9.34. The van der Waals surface area contributed by atoms with Crippen LogP contribution in [0.5, 0.6) is 0 Å². The molecule has 1 nitrogen and oxygen atoms in total. The van der Waals surface area contributed by atoms with E-state index in [0.717, 1.165) is 0 Å². The van der Waals surface area contributed by atoms with Crippen LogP contribution in [0.15, 0.2) is 29.6 Å². The van der Waals surface area contributed by atoms with E-state index in [-0.39, 0.29) is 5.56 Å². The Labute approximate surface area is 115 Å². The Morgan fingerprint density at radius 1 is 1.26 bits per heavy atom. The zero-order valence-corrected chi connectivity index (χ0v) is 10.9. The fraction of sp³-hybridized carbons (Fsp3) is 0.167. The number of halogens is 5. The van der Waals surface area contributed by atoms with E-state index in [4.69, 9.17) is 17.3 Å². The van der Waals surface area contributed by atoms with Crippen molar-refractivity contribution in [2.24, 2.45) is 5.73 Å². The smallest absolute Gasteiger partial charge is 0.320 e. The fourth-order valence-electron chi connectivity index (χ4n) is 1.62. The van der Waals surface area contributed by atoms with Crippen molar-refractivity contribution in [2.75, 3.05) is 0 Å². The Hall–Kier alpha value is -1.11. The first-order valence-electron chi connectivity index (χ1n) is 5.16. The van der Waals surface area contributed by atoms with E-state index in [1.165, 1.54) is 11.3 Å².